The Morgan fingerprint density at radius 2 is 1.18 bits per heavy atom. The molecule has 2 unspecified atom stereocenters. The molecule has 0 aliphatic heterocycles. The number of aliphatic hydroxyl groups is 2. The highest BCUT2D eigenvalue weighted by atomic mass is 16.3. The lowest BCUT2D eigenvalue weighted by molar-refractivity contribution is 0.229. The molecule has 2 atom stereocenters. The van der Waals surface area contributed by atoms with Crippen LogP contribution in [0.3, 0.4) is 0 Å². The summed E-state index contributed by atoms with van der Waals surface area (Å²) < 4.78 is 0. The summed E-state index contributed by atoms with van der Waals surface area (Å²) in [5, 5.41) is 24.3. The fourth-order valence-corrected chi connectivity index (χ4v) is 1.23. The average Bonchev–Trinajstić information content (AvgIpc) is 2.35. The molecule has 0 saturated heterocycles. The molecule has 5 nitrogen and oxygen atoms in total. The van der Waals surface area contributed by atoms with Crippen LogP contribution in [0.4, 0.5) is 0 Å². The van der Waals surface area contributed by atoms with E-state index < -0.39 is 0 Å². The minimum absolute atomic E-state index is 0.188. The quantitative estimate of drug-likeness (QED) is 0.361. The molecular weight excluding hydrogens is 218 g/mol. The molecular formula is C12H31N3O2. The van der Waals surface area contributed by atoms with Crippen molar-refractivity contribution in [3.05, 3.63) is 0 Å². The monoisotopic (exact) mass is 249 g/mol. The summed E-state index contributed by atoms with van der Waals surface area (Å²) in [6.07, 6.45) is 1.88. The van der Waals surface area contributed by atoms with Crippen molar-refractivity contribution in [2.24, 2.45) is 5.73 Å². The van der Waals surface area contributed by atoms with Crippen LogP contribution in [-0.4, -0.2) is 55.1 Å². The van der Waals surface area contributed by atoms with Crippen LogP contribution in [0.15, 0.2) is 0 Å². The summed E-state index contributed by atoms with van der Waals surface area (Å²) in [4.78, 5) is 0. The van der Waals surface area contributed by atoms with Gasteiger partial charge in [0.1, 0.15) is 0 Å². The average molecular weight is 249 g/mol. The topological polar surface area (TPSA) is 90.5 Å². The smallest absolute Gasteiger partial charge is 0.0584 e. The highest BCUT2D eigenvalue weighted by Crippen LogP contribution is 1.89. The first-order valence-corrected chi connectivity index (χ1v) is 6.58. The highest BCUT2D eigenvalue weighted by molar-refractivity contribution is 4.67. The molecule has 6 N–H and O–H groups in total. The first-order valence-electron chi connectivity index (χ1n) is 6.58. The lowest BCUT2D eigenvalue weighted by Crippen LogP contribution is -2.40. The Morgan fingerprint density at radius 1 is 0.882 bits per heavy atom. The van der Waals surface area contributed by atoms with E-state index in [0.717, 1.165) is 32.5 Å². The third-order valence-corrected chi connectivity index (χ3v) is 2.42. The maximum Gasteiger partial charge on any atom is 0.0584 e. The third-order valence-electron chi connectivity index (χ3n) is 2.42. The van der Waals surface area contributed by atoms with Gasteiger partial charge in [-0.3, -0.25) is 0 Å². The number of nitrogens with two attached hydrogens (primary N) is 1. The second-order valence-electron chi connectivity index (χ2n) is 3.89. The van der Waals surface area contributed by atoms with E-state index in [0.29, 0.717) is 0 Å². The Hall–Kier alpha value is -0.200. The molecule has 0 fully saturated rings. The molecule has 0 spiro atoms. The largest absolute Gasteiger partial charge is 0.395 e. The molecule has 0 aromatic heterocycles. The second-order valence-corrected chi connectivity index (χ2v) is 3.89. The molecule has 0 saturated carbocycles. The van der Waals surface area contributed by atoms with Crippen LogP contribution in [0.2, 0.25) is 0 Å². The summed E-state index contributed by atoms with van der Waals surface area (Å²) in [5.74, 6) is 0. The number of nitrogens with one attached hydrogen (secondary N) is 2. The van der Waals surface area contributed by atoms with Crippen LogP contribution in [0.1, 0.15) is 33.6 Å². The lowest BCUT2D eigenvalue weighted by Gasteiger charge is -2.17. The molecule has 0 aromatic carbocycles. The minimum atomic E-state index is 0.188. The summed E-state index contributed by atoms with van der Waals surface area (Å²) in [7, 11) is 0. The predicted octanol–water partition coefficient (Wildman–Crippen LogP) is -0.328. The van der Waals surface area contributed by atoms with Crippen LogP contribution in [0.5, 0.6) is 0 Å². The normalized spacial score (nSPS) is 13.8. The molecule has 0 radical (unpaired) electrons. The third kappa shape index (κ3) is 13.7. The van der Waals surface area contributed by atoms with Gasteiger partial charge in [-0.25, -0.2) is 0 Å². The molecule has 0 amide bonds. The van der Waals surface area contributed by atoms with Crippen LogP contribution < -0.4 is 16.4 Å². The molecule has 0 aliphatic rings. The lowest BCUT2D eigenvalue weighted by atomic mass is 10.2. The van der Waals surface area contributed by atoms with Crippen molar-refractivity contribution in [2.75, 3.05) is 32.8 Å². The van der Waals surface area contributed by atoms with Gasteiger partial charge in [0.05, 0.1) is 13.2 Å². The maximum absolute atomic E-state index is 8.90. The maximum atomic E-state index is 8.90. The zero-order valence-electron chi connectivity index (χ0n) is 11.6. The summed E-state index contributed by atoms with van der Waals surface area (Å²) in [5.41, 5.74) is 4.85. The van der Waals surface area contributed by atoms with Crippen molar-refractivity contribution in [2.45, 2.75) is 45.7 Å². The van der Waals surface area contributed by atoms with Crippen LogP contribution >= 0.6 is 0 Å². The predicted molar refractivity (Wildman–Crippen MR) is 73.1 cm³/mol. The van der Waals surface area contributed by atoms with Gasteiger partial charge >= 0.3 is 0 Å². The van der Waals surface area contributed by atoms with Gasteiger partial charge < -0.3 is 26.6 Å². The molecule has 0 aliphatic carbocycles. The van der Waals surface area contributed by atoms with Gasteiger partial charge in [0, 0.05) is 25.2 Å². The van der Waals surface area contributed by atoms with Crippen molar-refractivity contribution in [3.63, 3.8) is 0 Å². The van der Waals surface area contributed by atoms with E-state index in [4.69, 9.17) is 15.9 Å². The number of aliphatic hydroxyl groups excluding tert-OH is 2. The van der Waals surface area contributed by atoms with Crippen molar-refractivity contribution >= 4 is 0 Å². The van der Waals surface area contributed by atoms with Crippen molar-refractivity contribution < 1.29 is 10.2 Å². The standard InChI is InChI=1S/C10H24N2O2.C2H7N/c1-3-9(7-13)11-5-6-12-10(4-2)8-14;1-2-3/h9-14H,3-8H2,1-2H3;2-3H2,1H3. The number of hydrogen-bond acceptors (Lipinski definition) is 5. The van der Waals surface area contributed by atoms with Gasteiger partial charge in [0.15, 0.2) is 0 Å². The molecule has 0 rings (SSSR count). The van der Waals surface area contributed by atoms with E-state index in [1.54, 1.807) is 0 Å². The van der Waals surface area contributed by atoms with Crippen molar-refractivity contribution in [3.8, 4) is 0 Å². The summed E-state index contributed by atoms with van der Waals surface area (Å²) in [6.45, 7) is 8.78. The second kappa shape index (κ2) is 15.8. The van der Waals surface area contributed by atoms with Gasteiger partial charge in [0.25, 0.3) is 0 Å². The zero-order valence-corrected chi connectivity index (χ0v) is 11.6. The van der Waals surface area contributed by atoms with Gasteiger partial charge in [-0.05, 0) is 19.4 Å². The van der Waals surface area contributed by atoms with Gasteiger partial charge in [-0.2, -0.15) is 0 Å². The van der Waals surface area contributed by atoms with Gasteiger partial charge in [-0.1, -0.05) is 20.8 Å². The Bertz CT molecular complexity index is 115. The highest BCUT2D eigenvalue weighted by Gasteiger charge is 2.04. The summed E-state index contributed by atoms with van der Waals surface area (Å²) >= 11 is 0. The van der Waals surface area contributed by atoms with Gasteiger partial charge in [-0.15, -0.1) is 0 Å². The number of rotatable bonds is 9. The Morgan fingerprint density at radius 3 is 1.35 bits per heavy atom. The van der Waals surface area contributed by atoms with Gasteiger partial charge in [0.2, 0.25) is 0 Å². The SMILES string of the molecule is CCC(CO)NCCNC(CC)CO.CCN. The fourth-order valence-electron chi connectivity index (χ4n) is 1.23. The van der Waals surface area contributed by atoms with E-state index in [2.05, 4.69) is 10.6 Å². The van der Waals surface area contributed by atoms with E-state index in [1.165, 1.54) is 0 Å². The first-order chi connectivity index (χ1) is 8.19. The molecule has 0 heterocycles. The van der Waals surface area contributed by atoms with Crippen LogP contribution in [0.25, 0.3) is 0 Å². The minimum Gasteiger partial charge on any atom is -0.395 e. The molecule has 106 valence electrons. The molecule has 5 heteroatoms. The first kappa shape index (κ1) is 19.1. The molecule has 17 heavy (non-hydrogen) atoms. The van der Waals surface area contributed by atoms with E-state index in [9.17, 15) is 0 Å². The Labute approximate surface area is 106 Å². The van der Waals surface area contributed by atoms with E-state index >= 15 is 0 Å². The Kier molecular flexibility index (Phi) is 17.8. The summed E-state index contributed by atoms with van der Waals surface area (Å²) in [6, 6.07) is 0.400. The van der Waals surface area contributed by atoms with Crippen molar-refractivity contribution in [1.82, 2.24) is 10.6 Å². The van der Waals surface area contributed by atoms with Crippen LogP contribution in [0, 0.1) is 0 Å². The van der Waals surface area contributed by atoms with Crippen molar-refractivity contribution in [1.29, 1.82) is 0 Å². The van der Waals surface area contributed by atoms with E-state index in [1.807, 2.05) is 20.8 Å². The fraction of sp³-hybridized carbons (Fsp3) is 1.00. The van der Waals surface area contributed by atoms with Crippen LogP contribution in [-0.2, 0) is 0 Å². The Balaban J connectivity index is 0. The number of hydrogen-bond donors (Lipinski definition) is 5. The molecule has 0 aromatic rings. The zero-order chi connectivity index (χ0) is 13.5. The van der Waals surface area contributed by atoms with E-state index in [-0.39, 0.29) is 25.3 Å². The molecule has 0 bridgehead atoms.